The molecule has 3 rings (SSSR count). The average Bonchev–Trinajstić information content (AvgIpc) is 3.34. The van der Waals surface area contributed by atoms with Crippen LogP contribution in [0, 0.1) is 11.7 Å². The summed E-state index contributed by atoms with van der Waals surface area (Å²) in [6.45, 7) is 0.498. The van der Waals surface area contributed by atoms with E-state index in [1.807, 2.05) is 0 Å². The molecule has 1 N–H and O–H groups in total. The lowest BCUT2D eigenvalue weighted by Gasteiger charge is -2.33. The summed E-state index contributed by atoms with van der Waals surface area (Å²) in [7, 11) is 0. The Morgan fingerprint density at radius 1 is 1.12 bits per heavy atom. The summed E-state index contributed by atoms with van der Waals surface area (Å²) >= 11 is 0. The molecule has 1 aliphatic heterocycles. The third-order valence-corrected chi connectivity index (χ3v) is 5.07. The van der Waals surface area contributed by atoms with E-state index in [-0.39, 0.29) is 24.6 Å². The van der Waals surface area contributed by atoms with Crippen LogP contribution < -0.4 is 0 Å². The Labute approximate surface area is 141 Å². The van der Waals surface area contributed by atoms with E-state index < -0.39 is 34.9 Å². The van der Waals surface area contributed by atoms with E-state index in [1.165, 1.54) is 4.90 Å². The van der Waals surface area contributed by atoms with Crippen molar-refractivity contribution >= 4 is 11.9 Å². The van der Waals surface area contributed by atoms with Gasteiger partial charge in [-0.15, -0.1) is 0 Å². The lowest BCUT2D eigenvalue weighted by atomic mass is 9.90. The Balaban J connectivity index is 1.82. The number of carbonyl (C=O) groups is 2. The Bertz CT molecular complexity index is 704. The normalized spacial score (nSPS) is 20.4. The van der Waals surface area contributed by atoms with Crippen LogP contribution in [0.3, 0.4) is 0 Å². The topological polar surface area (TPSA) is 57.6 Å². The lowest BCUT2D eigenvalue weighted by Crippen LogP contribution is -2.45. The summed E-state index contributed by atoms with van der Waals surface area (Å²) in [6, 6.07) is 2.25. The highest BCUT2D eigenvalue weighted by molar-refractivity contribution is 5.91. The van der Waals surface area contributed by atoms with Crippen LogP contribution in [0.2, 0.25) is 0 Å². The Hall–Kier alpha value is -2.12. The zero-order valence-electron chi connectivity index (χ0n) is 13.3. The van der Waals surface area contributed by atoms with E-state index in [4.69, 9.17) is 5.11 Å². The second-order valence-corrected chi connectivity index (χ2v) is 6.71. The van der Waals surface area contributed by atoms with E-state index >= 15 is 0 Å². The monoisotopic (exact) mass is 359 g/mol. The zero-order valence-corrected chi connectivity index (χ0v) is 13.3. The first-order valence-corrected chi connectivity index (χ1v) is 8.04. The maximum atomic E-state index is 13.7. The SMILES string of the molecule is O=C(O)C1CCN(C(=O)C2(c3cc(F)cc(C(F)(F)F)c3)CC2)CC1. The molecule has 0 aromatic heterocycles. The fraction of sp³-hybridized carbons (Fsp3) is 0.529. The van der Waals surface area contributed by atoms with Crippen LogP contribution >= 0.6 is 0 Å². The van der Waals surface area contributed by atoms with E-state index in [2.05, 4.69) is 0 Å². The molecule has 1 heterocycles. The second kappa shape index (κ2) is 6.00. The molecule has 0 atom stereocenters. The van der Waals surface area contributed by atoms with E-state index in [9.17, 15) is 27.2 Å². The summed E-state index contributed by atoms with van der Waals surface area (Å²) in [4.78, 5) is 25.3. The van der Waals surface area contributed by atoms with Crippen LogP contribution in [-0.2, 0) is 21.2 Å². The van der Waals surface area contributed by atoms with Crippen LogP contribution in [0.1, 0.15) is 36.8 Å². The molecular formula is C17H17F4NO3. The van der Waals surface area contributed by atoms with Crippen LogP contribution in [-0.4, -0.2) is 35.0 Å². The number of nitrogens with zero attached hydrogens (tertiary/aromatic N) is 1. The summed E-state index contributed by atoms with van der Waals surface area (Å²) in [6.07, 6.45) is -3.32. The van der Waals surface area contributed by atoms with Crippen molar-refractivity contribution in [3.8, 4) is 0 Å². The number of aliphatic carboxylic acids is 1. The van der Waals surface area contributed by atoms with E-state index in [0.717, 1.165) is 12.1 Å². The molecule has 1 amide bonds. The molecule has 136 valence electrons. The molecule has 0 spiro atoms. The third-order valence-electron chi connectivity index (χ3n) is 5.07. The number of hydrogen-bond donors (Lipinski definition) is 1. The van der Waals surface area contributed by atoms with Crippen molar-refractivity contribution in [3.63, 3.8) is 0 Å². The predicted octanol–water partition coefficient (Wildman–Crippen LogP) is 3.20. The molecule has 1 aliphatic carbocycles. The van der Waals surface area contributed by atoms with Crippen LogP contribution in [0.4, 0.5) is 17.6 Å². The first-order chi connectivity index (χ1) is 11.6. The smallest absolute Gasteiger partial charge is 0.416 e. The van der Waals surface area contributed by atoms with Gasteiger partial charge in [-0.3, -0.25) is 9.59 Å². The number of carbonyl (C=O) groups excluding carboxylic acids is 1. The van der Waals surface area contributed by atoms with Gasteiger partial charge in [-0.2, -0.15) is 13.2 Å². The Morgan fingerprint density at radius 3 is 2.20 bits per heavy atom. The number of piperidine rings is 1. The minimum Gasteiger partial charge on any atom is -0.481 e. The highest BCUT2D eigenvalue weighted by Gasteiger charge is 2.54. The van der Waals surface area contributed by atoms with Crippen molar-refractivity contribution < 1.29 is 32.3 Å². The molecule has 4 nitrogen and oxygen atoms in total. The van der Waals surface area contributed by atoms with Gasteiger partial charge in [0.1, 0.15) is 5.82 Å². The molecular weight excluding hydrogens is 342 g/mol. The van der Waals surface area contributed by atoms with Crippen molar-refractivity contribution in [2.24, 2.45) is 5.92 Å². The number of carboxylic acids is 1. The van der Waals surface area contributed by atoms with Gasteiger partial charge in [0.2, 0.25) is 5.91 Å². The molecule has 2 aliphatic rings. The molecule has 8 heteroatoms. The van der Waals surface area contributed by atoms with Crippen LogP contribution in [0.5, 0.6) is 0 Å². The summed E-state index contributed by atoms with van der Waals surface area (Å²) in [5.74, 6) is -2.78. The maximum Gasteiger partial charge on any atom is 0.416 e. The van der Waals surface area contributed by atoms with Crippen LogP contribution in [0.15, 0.2) is 18.2 Å². The second-order valence-electron chi connectivity index (χ2n) is 6.71. The van der Waals surface area contributed by atoms with Gasteiger partial charge >= 0.3 is 12.1 Å². The van der Waals surface area contributed by atoms with Gasteiger partial charge in [-0.25, -0.2) is 4.39 Å². The number of benzene rings is 1. The highest BCUT2D eigenvalue weighted by Crippen LogP contribution is 2.51. The van der Waals surface area contributed by atoms with Crippen molar-refractivity contribution in [1.82, 2.24) is 4.90 Å². The molecule has 0 radical (unpaired) electrons. The summed E-state index contributed by atoms with van der Waals surface area (Å²) in [5, 5.41) is 9.00. The van der Waals surface area contributed by atoms with Gasteiger partial charge in [0.05, 0.1) is 16.9 Å². The molecule has 1 saturated carbocycles. The van der Waals surface area contributed by atoms with Gasteiger partial charge in [0.15, 0.2) is 0 Å². The van der Waals surface area contributed by atoms with Gasteiger partial charge in [-0.1, -0.05) is 0 Å². The molecule has 25 heavy (non-hydrogen) atoms. The molecule has 0 bridgehead atoms. The largest absolute Gasteiger partial charge is 0.481 e. The van der Waals surface area contributed by atoms with Gasteiger partial charge in [0, 0.05) is 13.1 Å². The van der Waals surface area contributed by atoms with Crippen molar-refractivity contribution in [1.29, 1.82) is 0 Å². The Morgan fingerprint density at radius 2 is 1.72 bits per heavy atom. The van der Waals surface area contributed by atoms with Crippen molar-refractivity contribution in [3.05, 3.63) is 35.1 Å². The molecule has 1 aromatic carbocycles. The molecule has 2 fully saturated rings. The van der Waals surface area contributed by atoms with Gasteiger partial charge in [0.25, 0.3) is 0 Å². The minimum atomic E-state index is -4.68. The number of hydrogen-bond acceptors (Lipinski definition) is 2. The fourth-order valence-electron chi connectivity index (χ4n) is 3.41. The number of rotatable bonds is 3. The Kier molecular flexibility index (Phi) is 4.25. The standard InChI is InChI=1S/C17H17F4NO3/c18-13-8-11(7-12(9-13)17(19,20)21)16(3-4-16)15(25)22-5-1-10(2-6-22)14(23)24/h7-10H,1-6H2,(H,23,24). The highest BCUT2D eigenvalue weighted by atomic mass is 19.4. The number of alkyl halides is 3. The molecule has 0 unspecified atom stereocenters. The van der Waals surface area contributed by atoms with Crippen molar-refractivity contribution in [2.45, 2.75) is 37.3 Å². The van der Waals surface area contributed by atoms with Crippen molar-refractivity contribution in [2.75, 3.05) is 13.1 Å². The predicted molar refractivity (Wildman–Crippen MR) is 79.3 cm³/mol. The van der Waals surface area contributed by atoms with Gasteiger partial charge < -0.3 is 10.0 Å². The third kappa shape index (κ3) is 3.34. The first-order valence-electron chi connectivity index (χ1n) is 8.04. The fourth-order valence-corrected chi connectivity index (χ4v) is 3.41. The summed E-state index contributed by atoms with van der Waals surface area (Å²) < 4.78 is 52.4. The number of amides is 1. The zero-order chi connectivity index (χ0) is 18.4. The lowest BCUT2D eigenvalue weighted by molar-refractivity contribution is -0.146. The maximum absolute atomic E-state index is 13.7. The minimum absolute atomic E-state index is 0.0465. The first kappa shape index (κ1) is 17.7. The molecule has 1 saturated heterocycles. The number of halogens is 4. The molecule has 1 aromatic rings. The van der Waals surface area contributed by atoms with Crippen LogP contribution in [0.25, 0.3) is 0 Å². The quantitative estimate of drug-likeness (QED) is 0.844. The average molecular weight is 359 g/mol. The van der Waals surface area contributed by atoms with E-state index in [0.29, 0.717) is 31.7 Å². The summed E-state index contributed by atoms with van der Waals surface area (Å²) in [5.41, 5.74) is -2.17. The number of likely N-dealkylation sites (tertiary alicyclic amines) is 1. The van der Waals surface area contributed by atoms with Gasteiger partial charge in [-0.05, 0) is 49.4 Å². The van der Waals surface area contributed by atoms with E-state index in [1.54, 1.807) is 0 Å². The number of carboxylic acid groups (broad SMARTS) is 1.